The van der Waals surface area contributed by atoms with Crippen molar-refractivity contribution in [3.63, 3.8) is 0 Å². The van der Waals surface area contributed by atoms with Gasteiger partial charge in [0.2, 0.25) is 11.8 Å². The molecule has 0 saturated heterocycles. The number of nitrogens with zero attached hydrogens (tertiary/aromatic N) is 2. The first-order chi connectivity index (χ1) is 7.46. The van der Waals surface area contributed by atoms with Gasteiger partial charge in [-0.1, -0.05) is 6.92 Å². The van der Waals surface area contributed by atoms with E-state index in [9.17, 15) is 0 Å². The predicted octanol–water partition coefficient (Wildman–Crippen LogP) is 2.06. The average molecular weight is 227 g/mol. The second kappa shape index (κ2) is 5.41. The summed E-state index contributed by atoms with van der Waals surface area (Å²) < 4.78 is 11.1. The van der Waals surface area contributed by atoms with Gasteiger partial charge in [-0.05, 0) is 34.2 Å². The average Bonchev–Trinajstić information content (AvgIpc) is 2.65. The normalized spacial score (nSPS) is 14.1. The van der Waals surface area contributed by atoms with Crippen molar-refractivity contribution in [3.8, 4) is 0 Å². The molecule has 0 aliphatic rings. The molecule has 1 aromatic heterocycles. The van der Waals surface area contributed by atoms with Crippen LogP contribution in [0.4, 0.5) is 0 Å². The number of nitrogens with one attached hydrogen (secondary N) is 1. The lowest BCUT2D eigenvalue weighted by atomic mass is 10.2. The van der Waals surface area contributed by atoms with E-state index in [2.05, 4.69) is 22.4 Å². The van der Waals surface area contributed by atoms with Gasteiger partial charge in [0.05, 0.1) is 11.6 Å². The van der Waals surface area contributed by atoms with Crippen molar-refractivity contribution in [2.24, 2.45) is 0 Å². The fraction of sp³-hybridized carbons (Fsp3) is 0.818. The first-order valence-electron chi connectivity index (χ1n) is 5.59. The highest BCUT2D eigenvalue weighted by molar-refractivity contribution is 4.88. The van der Waals surface area contributed by atoms with Crippen LogP contribution in [0.2, 0.25) is 0 Å². The highest BCUT2D eigenvalue weighted by Gasteiger charge is 2.17. The van der Waals surface area contributed by atoms with E-state index in [1.165, 1.54) is 0 Å². The van der Waals surface area contributed by atoms with Gasteiger partial charge in [-0.2, -0.15) is 0 Å². The predicted molar refractivity (Wildman–Crippen MR) is 60.9 cm³/mol. The van der Waals surface area contributed by atoms with E-state index in [1.807, 2.05) is 27.8 Å². The third-order valence-corrected chi connectivity index (χ3v) is 2.17. The molecule has 1 N–H and O–H groups in total. The molecule has 0 amide bonds. The lowest BCUT2D eigenvalue weighted by Gasteiger charge is -2.17. The highest BCUT2D eigenvalue weighted by atomic mass is 16.5. The zero-order valence-electron chi connectivity index (χ0n) is 10.7. The molecular weight excluding hydrogens is 206 g/mol. The Bertz CT molecular complexity index is 313. The summed E-state index contributed by atoms with van der Waals surface area (Å²) in [5.41, 5.74) is -0.193. The van der Waals surface area contributed by atoms with E-state index >= 15 is 0 Å². The second-order valence-electron chi connectivity index (χ2n) is 4.68. The number of aromatic nitrogens is 2. The second-order valence-corrected chi connectivity index (χ2v) is 4.68. The minimum atomic E-state index is -0.193. The van der Waals surface area contributed by atoms with Crippen molar-refractivity contribution >= 4 is 0 Å². The molecule has 5 heteroatoms. The third-order valence-electron chi connectivity index (χ3n) is 2.17. The molecule has 1 unspecified atom stereocenters. The first-order valence-corrected chi connectivity index (χ1v) is 5.59. The van der Waals surface area contributed by atoms with Gasteiger partial charge in [0.1, 0.15) is 6.61 Å². The first kappa shape index (κ1) is 13.1. The van der Waals surface area contributed by atoms with Gasteiger partial charge in [-0.3, -0.25) is 0 Å². The minimum Gasteiger partial charge on any atom is -0.421 e. The Morgan fingerprint density at radius 2 is 2.06 bits per heavy atom. The van der Waals surface area contributed by atoms with Crippen molar-refractivity contribution in [2.75, 3.05) is 7.05 Å². The summed E-state index contributed by atoms with van der Waals surface area (Å²) >= 11 is 0. The van der Waals surface area contributed by atoms with Gasteiger partial charge in [0, 0.05) is 0 Å². The third kappa shape index (κ3) is 3.90. The molecule has 5 nitrogen and oxygen atoms in total. The molecule has 1 atom stereocenters. The zero-order valence-corrected chi connectivity index (χ0v) is 10.7. The van der Waals surface area contributed by atoms with Crippen LogP contribution in [0.5, 0.6) is 0 Å². The fourth-order valence-corrected chi connectivity index (χ4v) is 1.25. The zero-order chi connectivity index (χ0) is 12.2. The number of hydrogen-bond acceptors (Lipinski definition) is 5. The molecule has 1 heterocycles. The largest absolute Gasteiger partial charge is 0.421 e. The molecule has 92 valence electrons. The van der Waals surface area contributed by atoms with E-state index in [4.69, 9.17) is 9.15 Å². The molecule has 0 aromatic carbocycles. The standard InChI is InChI=1S/C11H21N3O2/c1-6-8(12-5)10-14-13-9(16-10)7-15-11(2,3)4/h8,12H,6-7H2,1-5H3. The molecule has 0 saturated carbocycles. The summed E-state index contributed by atoms with van der Waals surface area (Å²) in [4.78, 5) is 0. The molecule has 0 radical (unpaired) electrons. The van der Waals surface area contributed by atoms with Crippen LogP contribution < -0.4 is 5.32 Å². The maximum absolute atomic E-state index is 5.56. The Morgan fingerprint density at radius 1 is 1.38 bits per heavy atom. The van der Waals surface area contributed by atoms with E-state index < -0.39 is 0 Å². The van der Waals surface area contributed by atoms with Crippen LogP contribution in [0.3, 0.4) is 0 Å². The Morgan fingerprint density at radius 3 is 2.56 bits per heavy atom. The molecular formula is C11H21N3O2. The summed E-state index contributed by atoms with van der Waals surface area (Å²) in [6, 6.07) is 0.121. The van der Waals surface area contributed by atoms with Crippen LogP contribution >= 0.6 is 0 Å². The summed E-state index contributed by atoms with van der Waals surface area (Å²) in [7, 11) is 1.88. The monoisotopic (exact) mass is 227 g/mol. The van der Waals surface area contributed by atoms with Crippen LogP contribution in [-0.4, -0.2) is 22.8 Å². The van der Waals surface area contributed by atoms with Gasteiger partial charge in [-0.25, -0.2) is 0 Å². The summed E-state index contributed by atoms with van der Waals surface area (Å²) in [5.74, 6) is 1.15. The van der Waals surface area contributed by atoms with Crippen LogP contribution in [-0.2, 0) is 11.3 Å². The van der Waals surface area contributed by atoms with Crippen LogP contribution in [0, 0.1) is 0 Å². The molecule has 0 spiro atoms. The van der Waals surface area contributed by atoms with Gasteiger partial charge >= 0.3 is 0 Å². The fourth-order valence-electron chi connectivity index (χ4n) is 1.25. The molecule has 0 aliphatic heterocycles. The van der Waals surface area contributed by atoms with E-state index in [0.717, 1.165) is 6.42 Å². The van der Waals surface area contributed by atoms with Gasteiger partial charge < -0.3 is 14.5 Å². The lowest BCUT2D eigenvalue weighted by molar-refractivity contribution is -0.0248. The Balaban J connectivity index is 2.58. The van der Waals surface area contributed by atoms with Crippen molar-refractivity contribution in [1.82, 2.24) is 15.5 Å². The molecule has 1 rings (SSSR count). The topological polar surface area (TPSA) is 60.2 Å². The maximum Gasteiger partial charge on any atom is 0.242 e. The van der Waals surface area contributed by atoms with Crippen molar-refractivity contribution in [2.45, 2.75) is 52.4 Å². The van der Waals surface area contributed by atoms with E-state index in [0.29, 0.717) is 18.4 Å². The summed E-state index contributed by atoms with van der Waals surface area (Å²) in [6.07, 6.45) is 0.915. The Hall–Kier alpha value is -0.940. The van der Waals surface area contributed by atoms with Gasteiger partial charge in [-0.15, -0.1) is 10.2 Å². The van der Waals surface area contributed by atoms with E-state index in [1.54, 1.807) is 0 Å². The quantitative estimate of drug-likeness (QED) is 0.834. The molecule has 0 bridgehead atoms. The number of hydrogen-bond donors (Lipinski definition) is 1. The Kier molecular flexibility index (Phi) is 4.44. The SMILES string of the molecule is CCC(NC)c1nnc(COC(C)(C)C)o1. The van der Waals surface area contributed by atoms with Crippen LogP contribution in [0.1, 0.15) is 51.9 Å². The smallest absolute Gasteiger partial charge is 0.242 e. The van der Waals surface area contributed by atoms with Crippen LogP contribution in [0.15, 0.2) is 4.42 Å². The molecule has 16 heavy (non-hydrogen) atoms. The van der Waals surface area contributed by atoms with Crippen LogP contribution in [0.25, 0.3) is 0 Å². The molecule has 1 aromatic rings. The van der Waals surface area contributed by atoms with Crippen molar-refractivity contribution in [1.29, 1.82) is 0 Å². The summed E-state index contributed by atoms with van der Waals surface area (Å²) in [5, 5.41) is 11.1. The highest BCUT2D eigenvalue weighted by Crippen LogP contribution is 2.16. The lowest BCUT2D eigenvalue weighted by Crippen LogP contribution is -2.18. The minimum absolute atomic E-state index is 0.121. The van der Waals surface area contributed by atoms with Crippen molar-refractivity contribution in [3.05, 3.63) is 11.8 Å². The van der Waals surface area contributed by atoms with Crippen molar-refractivity contribution < 1.29 is 9.15 Å². The number of rotatable bonds is 5. The van der Waals surface area contributed by atoms with Gasteiger partial charge in [0.15, 0.2) is 0 Å². The molecule has 0 fully saturated rings. The van der Waals surface area contributed by atoms with E-state index in [-0.39, 0.29) is 11.6 Å². The number of ether oxygens (including phenoxy) is 1. The Labute approximate surface area is 96.6 Å². The maximum atomic E-state index is 5.56. The summed E-state index contributed by atoms with van der Waals surface area (Å²) in [6.45, 7) is 8.40. The molecule has 0 aliphatic carbocycles. The van der Waals surface area contributed by atoms with Gasteiger partial charge in [0.25, 0.3) is 0 Å².